The van der Waals surface area contributed by atoms with Crippen LogP contribution >= 0.6 is 0 Å². The topological polar surface area (TPSA) is 40.5 Å². The zero-order chi connectivity index (χ0) is 22.6. The van der Waals surface area contributed by atoms with E-state index >= 15 is 0 Å². The Morgan fingerprint density at radius 3 is 1.16 bits per heavy atom. The fourth-order valence-corrected chi connectivity index (χ4v) is 4.31. The van der Waals surface area contributed by atoms with Crippen molar-refractivity contribution in [2.45, 2.75) is 111 Å². The second kappa shape index (κ2) is 13.5. The number of benzene rings is 2. The zero-order valence-corrected chi connectivity index (χ0v) is 20.4. The summed E-state index contributed by atoms with van der Waals surface area (Å²) in [6, 6.07) is 8.75. The molecular weight excluding hydrogens is 380 g/mol. The Kier molecular flexibility index (Phi) is 11.0. The van der Waals surface area contributed by atoms with Crippen LogP contribution in [0.3, 0.4) is 0 Å². The molecule has 0 radical (unpaired) electrons. The average Bonchev–Trinajstić information content (AvgIpc) is 2.77. The maximum atomic E-state index is 11.1. The van der Waals surface area contributed by atoms with E-state index in [9.17, 15) is 10.2 Å². The summed E-state index contributed by atoms with van der Waals surface area (Å²) >= 11 is 0. The van der Waals surface area contributed by atoms with Gasteiger partial charge in [-0.1, -0.05) is 77.6 Å². The van der Waals surface area contributed by atoms with Crippen molar-refractivity contribution in [3.8, 4) is 11.5 Å². The van der Waals surface area contributed by atoms with Gasteiger partial charge in [-0.05, 0) is 84.7 Å². The molecule has 0 amide bonds. The summed E-state index contributed by atoms with van der Waals surface area (Å²) in [6.07, 6.45) is 13.6. The number of aromatic hydroxyl groups is 2. The van der Waals surface area contributed by atoms with Gasteiger partial charge in [0.05, 0.1) is 0 Å². The van der Waals surface area contributed by atoms with E-state index < -0.39 is 0 Å². The van der Waals surface area contributed by atoms with E-state index in [0.29, 0.717) is 17.9 Å². The van der Waals surface area contributed by atoms with Gasteiger partial charge in [0.1, 0.15) is 11.5 Å². The number of rotatable bonds is 14. The first-order valence-electron chi connectivity index (χ1n) is 12.7. The quantitative estimate of drug-likeness (QED) is 0.322. The van der Waals surface area contributed by atoms with Crippen molar-refractivity contribution < 1.29 is 10.2 Å². The zero-order valence-electron chi connectivity index (χ0n) is 20.4. The van der Waals surface area contributed by atoms with E-state index in [1.54, 1.807) is 0 Å². The third-order valence-corrected chi connectivity index (χ3v) is 6.27. The lowest BCUT2D eigenvalue weighted by atomic mass is 9.91. The molecule has 0 saturated heterocycles. The van der Waals surface area contributed by atoms with E-state index in [4.69, 9.17) is 0 Å². The molecule has 0 aromatic heterocycles. The molecule has 0 saturated carbocycles. The molecule has 0 aliphatic carbocycles. The number of hydrogen-bond acceptors (Lipinski definition) is 2. The molecule has 172 valence electrons. The van der Waals surface area contributed by atoms with Gasteiger partial charge >= 0.3 is 0 Å². The van der Waals surface area contributed by atoms with Gasteiger partial charge in [0.15, 0.2) is 0 Å². The summed E-state index contributed by atoms with van der Waals surface area (Å²) in [6.45, 7) is 8.82. The van der Waals surface area contributed by atoms with Crippen molar-refractivity contribution in [1.29, 1.82) is 0 Å². The third-order valence-electron chi connectivity index (χ3n) is 6.27. The van der Waals surface area contributed by atoms with E-state index in [1.807, 2.05) is 0 Å². The van der Waals surface area contributed by atoms with Crippen molar-refractivity contribution in [2.24, 2.45) is 0 Å². The summed E-state index contributed by atoms with van der Waals surface area (Å²) in [4.78, 5) is 0. The first-order valence-corrected chi connectivity index (χ1v) is 12.7. The fourth-order valence-electron chi connectivity index (χ4n) is 4.31. The SMILES string of the molecule is CCCCc1cc(CCCC)c(O)c(Cc2cc(CCCC)cc(CCCC)c2O)c1. The van der Waals surface area contributed by atoms with Crippen LogP contribution in [0.15, 0.2) is 24.3 Å². The van der Waals surface area contributed by atoms with Crippen LogP contribution in [0.25, 0.3) is 0 Å². The molecule has 0 atom stereocenters. The largest absolute Gasteiger partial charge is 0.507 e. The molecule has 0 heterocycles. The molecule has 31 heavy (non-hydrogen) atoms. The molecule has 0 bridgehead atoms. The maximum absolute atomic E-state index is 11.1. The highest BCUT2D eigenvalue weighted by Crippen LogP contribution is 2.34. The summed E-state index contributed by atoms with van der Waals surface area (Å²) in [5, 5.41) is 22.1. The molecule has 0 spiro atoms. The van der Waals surface area contributed by atoms with Crippen LogP contribution in [0, 0.1) is 0 Å². The molecule has 2 nitrogen and oxygen atoms in total. The number of phenolic OH excluding ortho intramolecular Hbond substituents is 2. The fraction of sp³-hybridized carbons (Fsp3) is 0.586. The van der Waals surface area contributed by atoms with Gasteiger partial charge in [-0.15, -0.1) is 0 Å². The molecule has 2 N–H and O–H groups in total. The normalized spacial score (nSPS) is 11.2. The highest BCUT2D eigenvalue weighted by atomic mass is 16.3. The van der Waals surface area contributed by atoms with Gasteiger partial charge in [0, 0.05) is 6.42 Å². The highest BCUT2D eigenvalue weighted by molar-refractivity contribution is 5.51. The average molecular weight is 425 g/mol. The predicted octanol–water partition coefficient (Wildman–Crippen LogP) is 8.06. The van der Waals surface area contributed by atoms with Crippen LogP contribution in [-0.4, -0.2) is 10.2 Å². The minimum atomic E-state index is 0.433. The molecule has 2 heteroatoms. The predicted molar refractivity (Wildman–Crippen MR) is 133 cm³/mol. The second-order valence-electron chi connectivity index (χ2n) is 9.12. The standard InChI is InChI=1S/C29H44O2/c1-5-9-13-22-17-24(15-11-7-3)28(30)26(19-22)21-27-20-23(14-10-6-2)18-25(29(27)31)16-12-8-4/h17-20,30-31H,5-16,21H2,1-4H3. The molecular formula is C29H44O2. The lowest BCUT2D eigenvalue weighted by Crippen LogP contribution is -2.01. The van der Waals surface area contributed by atoms with E-state index in [2.05, 4.69) is 52.0 Å². The number of unbranched alkanes of at least 4 members (excludes halogenated alkanes) is 4. The highest BCUT2D eigenvalue weighted by Gasteiger charge is 2.15. The first kappa shape index (κ1) is 25.3. The van der Waals surface area contributed by atoms with Crippen LogP contribution in [0.4, 0.5) is 0 Å². The van der Waals surface area contributed by atoms with Crippen LogP contribution in [0.2, 0.25) is 0 Å². The van der Waals surface area contributed by atoms with Crippen LogP contribution in [0.1, 0.15) is 112 Å². The van der Waals surface area contributed by atoms with Gasteiger partial charge in [-0.3, -0.25) is 0 Å². The minimum absolute atomic E-state index is 0.433. The molecule has 2 rings (SSSR count). The third kappa shape index (κ3) is 7.59. The number of hydrogen-bond donors (Lipinski definition) is 2. The van der Waals surface area contributed by atoms with Gasteiger partial charge in [-0.25, -0.2) is 0 Å². The van der Waals surface area contributed by atoms with Crippen molar-refractivity contribution in [3.63, 3.8) is 0 Å². The lowest BCUT2D eigenvalue weighted by molar-refractivity contribution is 0.454. The molecule has 2 aromatic carbocycles. The van der Waals surface area contributed by atoms with Gasteiger partial charge in [0.25, 0.3) is 0 Å². The Bertz CT molecular complexity index is 739. The van der Waals surface area contributed by atoms with Crippen molar-refractivity contribution in [3.05, 3.63) is 57.6 Å². The number of aryl methyl sites for hydroxylation is 4. The van der Waals surface area contributed by atoms with Crippen LogP contribution < -0.4 is 0 Å². The van der Waals surface area contributed by atoms with E-state index in [1.165, 1.54) is 24.0 Å². The Balaban J connectivity index is 2.43. The maximum Gasteiger partial charge on any atom is 0.122 e. The van der Waals surface area contributed by atoms with E-state index in [0.717, 1.165) is 86.5 Å². The lowest BCUT2D eigenvalue weighted by Gasteiger charge is -2.17. The smallest absolute Gasteiger partial charge is 0.122 e. The van der Waals surface area contributed by atoms with Crippen molar-refractivity contribution in [2.75, 3.05) is 0 Å². The minimum Gasteiger partial charge on any atom is -0.507 e. The van der Waals surface area contributed by atoms with E-state index in [-0.39, 0.29) is 0 Å². The van der Waals surface area contributed by atoms with Gasteiger partial charge in [-0.2, -0.15) is 0 Å². The molecule has 0 unspecified atom stereocenters. The molecule has 0 aliphatic heterocycles. The monoisotopic (exact) mass is 424 g/mol. The van der Waals surface area contributed by atoms with Crippen LogP contribution in [0.5, 0.6) is 11.5 Å². The number of phenols is 2. The second-order valence-corrected chi connectivity index (χ2v) is 9.12. The first-order chi connectivity index (χ1) is 15.0. The van der Waals surface area contributed by atoms with Gasteiger partial charge in [0.2, 0.25) is 0 Å². The van der Waals surface area contributed by atoms with Gasteiger partial charge < -0.3 is 10.2 Å². The summed E-state index contributed by atoms with van der Waals surface area (Å²) in [5.74, 6) is 0.865. The Labute approximate surface area is 190 Å². The molecule has 0 fully saturated rings. The van der Waals surface area contributed by atoms with Crippen LogP contribution in [-0.2, 0) is 32.1 Å². The summed E-state index contributed by atoms with van der Waals surface area (Å²) < 4.78 is 0. The summed E-state index contributed by atoms with van der Waals surface area (Å²) in [7, 11) is 0. The Morgan fingerprint density at radius 1 is 0.484 bits per heavy atom. The van der Waals surface area contributed by atoms with Crippen molar-refractivity contribution >= 4 is 0 Å². The molecule has 2 aromatic rings. The Morgan fingerprint density at radius 2 is 0.806 bits per heavy atom. The Hall–Kier alpha value is -1.96. The molecule has 0 aliphatic rings. The summed E-state index contributed by atoms with van der Waals surface area (Å²) in [5.41, 5.74) is 6.69. The van der Waals surface area contributed by atoms with Crippen molar-refractivity contribution in [1.82, 2.24) is 0 Å².